The zero-order valence-corrected chi connectivity index (χ0v) is 38.8. The van der Waals surface area contributed by atoms with Crippen molar-refractivity contribution in [3.63, 3.8) is 0 Å². The molecule has 1 spiro atoms. The Morgan fingerprint density at radius 2 is 0.800 bits per heavy atom. The van der Waals surface area contributed by atoms with Gasteiger partial charge in [0.05, 0.1) is 11.1 Å². The summed E-state index contributed by atoms with van der Waals surface area (Å²) >= 11 is 1.90. The predicted molar refractivity (Wildman–Crippen MR) is 292 cm³/mol. The summed E-state index contributed by atoms with van der Waals surface area (Å²) in [5.41, 5.74) is 22.1. The first-order valence-electron chi connectivity index (χ1n) is 24.1. The minimum atomic E-state index is -0.617. The number of rotatable bonds is 4. The molecule has 15 rings (SSSR count). The van der Waals surface area contributed by atoms with Crippen molar-refractivity contribution in [1.82, 2.24) is 0 Å². The molecule has 0 radical (unpaired) electrons. The molecule has 0 fully saturated rings. The minimum Gasteiger partial charge on any atom is -0.456 e. The Kier molecular flexibility index (Phi) is 8.48. The summed E-state index contributed by atoms with van der Waals surface area (Å²) in [6.07, 6.45) is 0. The van der Waals surface area contributed by atoms with E-state index in [2.05, 4.69) is 254 Å². The van der Waals surface area contributed by atoms with Crippen molar-refractivity contribution in [2.45, 2.75) is 5.41 Å². The SMILES string of the molecule is c1ccc(-c2ccccc2N(c2ccc3c(c2)-c2ccccc2Oc2ccccc2-3)c2ccc3c(c2)-c2ccccc2-c2ccccc2C32c3ccccc3-c3cc4c(cc32)sc2ccccc24)cc1. The molecule has 0 bridgehead atoms. The van der Waals surface area contributed by atoms with Gasteiger partial charge in [0.1, 0.15) is 11.5 Å². The van der Waals surface area contributed by atoms with Crippen molar-refractivity contribution in [3.05, 3.63) is 271 Å². The monoisotopic (exact) mass is 907 g/mol. The molecule has 0 N–H and O–H groups in total. The van der Waals surface area contributed by atoms with Gasteiger partial charge >= 0.3 is 0 Å². The molecule has 326 valence electrons. The molecule has 1 atom stereocenters. The Morgan fingerprint density at radius 3 is 1.54 bits per heavy atom. The Morgan fingerprint density at radius 1 is 0.300 bits per heavy atom. The van der Waals surface area contributed by atoms with Gasteiger partial charge in [-0.15, -0.1) is 11.3 Å². The van der Waals surface area contributed by atoms with Crippen LogP contribution in [0.15, 0.2) is 249 Å². The van der Waals surface area contributed by atoms with E-state index in [1.807, 2.05) is 11.3 Å². The second-order valence-corrected chi connectivity index (χ2v) is 19.7. The molecule has 70 heavy (non-hydrogen) atoms. The number of thiophene rings is 1. The van der Waals surface area contributed by atoms with Gasteiger partial charge in [-0.3, -0.25) is 0 Å². The predicted octanol–water partition coefficient (Wildman–Crippen LogP) is 18.6. The molecule has 3 heteroatoms. The van der Waals surface area contributed by atoms with Gasteiger partial charge < -0.3 is 9.64 Å². The van der Waals surface area contributed by atoms with Crippen molar-refractivity contribution in [2.75, 3.05) is 4.90 Å². The van der Waals surface area contributed by atoms with Crippen LogP contribution in [0.2, 0.25) is 0 Å². The van der Waals surface area contributed by atoms with Crippen LogP contribution in [0.4, 0.5) is 17.1 Å². The number of ether oxygens (including phenoxy) is 1. The molecule has 2 aliphatic carbocycles. The fourth-order valence-electron chi connectivity index (χ4n) is 12.2. The molecular weight excluding hydrogens is 867 g/mol. The third-order valence-electron chi connectivity index (χ3n) is 15.1. The summed E-state index contributed by atoms with van der Waals surface area (Å²) < 4.78 is 9.31. The van der Waals surface area contributed by atoms with Crippen molar-refractivity contribution < 1.29 is 4.74 Å². The maximum Gasteiger partial charge on any atom is 0.135 e. The lowest BCUT2D eigenvalue weighted by molar-refractivity contribution is 0.488. The van der Waals surface area contributed by atoms with E-state index in [4.69, 9.17) is 4.74 Å². The van der Waals surface area contributed by atoms with Crippen LogP contribution in [0.1, 0.15) is 22.3 Å². The topological polar surface area (TPSA) is 12.5 Å². The molecule has 0 amide bonds. The smallest absolute Gasteiger partial charge is 0.135 e. The van der Waals surface area contributed by atoms with Gasteiger partial charge in [0.2, 0.25) is 0 Å². The van der Waals surface area contributed by atoms with Gasteiger partial charge in [-0.05, 0) is 133 Å². The lowest BCUT2D eigenvalue weighted by Crippen LogP contribution is -2.29. The summed E-state index contributed by atoms with van der Waals surface area (Å²) in [6, 6.07) is 92.1. The minimum absolute atomic E-state index is 0.617. The van der Waals surface area contributed by atoms with Crippen molar-refractivity contribution in [3.8, 4) is 78.3 Å². The first-order valence-corrected chi connectivity index (χ1v) is 24.9. The summed E-state index contributed by atoms with van der Waals surface area (Å²) in [5, 5.41) is 2.63. The molecule has 3 aliphatic rings. The van der Waals surface area contributed by atoms with Gasteiger partial charge in [-0.1, -0.05) is 188 Å². The number of anilines is 3. The number of fused-ring (bicyclic) bond motifs is 20. The van der Waals surface area contributed by atoms with E-state index < -0.39 is 5.41 Å². The highest BCUT2D eigenvalue weighted by Crippen LogP contribution is 2.63. The summed E-state index contributed by atoms with van der Waals surface area (Å²) in [4.78, 5) is 2.48. The normalized spacial score (nSPS) is 14.5. The summed E-state index contributed by atoms with van der Waals surface area (Å²) in [7, 11) is 0. The third kappa shape index (κ3) is 5.55. The molecular formula is C67H41NOS. The van der Waals surface area contributed by atoms with Crippen molar-refractivity contribution in [2.24, 2.45) is 0 Å². The van der Waals surface area contributed by atoms with Crippen LogP contribution in [-0.2, 0) is 5.41 Å². The molecule has 1 aromatic heterocycles. The van der Waals surface area contributed by atoms with E-state index in [0.29, 0.717) is 0 Å². The molecule has 0 saturated carbocycles. The number of para-hydroxylation sites is 3. The second kappa shape index (κ2) is 15.1. The van der Waals surface area contributed by atoms with Crippen molar-refractivity contribution in [1.29, 1.82) is 0 Å². The average molecular weight is 908 g/mol. The molecule has 0 saturated heterocycles. The summed E-state index contributed by atoms with van der Waals surface area (Å²) in [6.45, 7) is 0. The highest BCUT2D eigenvalue weighted by Gasteiger charge is 2.50. The fraction of sp³-hybridized carbons (Fsp3) is 0.0149. The number of nitrogens with zero attached hydrogens (tertiary/aromatic N) is 1. The highest BCUT2D eigenvalue weighted by molar-refractivity contribution is 7.25. The first-order chi connectivity index (χ1) is 34.7. The van der Waals surface area contributed by atoms with Crippen LogP contribution in [0.5, 0.6) is 11.5 Å². The van der Waals surface area contributed by atoms with Crippen LogP contribution < -0.4 is 9.64 Å². The second-order valence-electron chi connectivity index (χ2n) is 18.7. The average Bonchev–Trinajstić information content (AvgIpc) is 3.85. The lowest BCUT2D eigenvalue weighted by atomic mass is 9.66. The molecule has 1 unspecified atom stereocenters. The Labute approximate surface area is 410 Å². The lowest BCUT2D eigenvalue weighted by Gasteiger charge is -2.36. The molecule has 2 heterocycles. The van der Waals surface area contributed by atoms with Gasteiger partial charge in [0, 0.05) is 48.2 Å². The number of hydrogen-bond acceptors (Lipinski definition) is 3. The van der Waals surface area contributed by atoms with E-state index in [1.165, 1.54) is 75.8 Å². The van der Waals surface area contributed by atoms with Crippen molar-refractivity contribution >= 4 is 48.6 Å². The van der Waals surface area contributed by atoms with Gasteiger partial charge in [-0.25, -0.2) is 0 Å². The highest BCUT2D eigenvalue weighted by atomic mass is 32.1. The van der Waals surface area contributed by atoms with E-state index in [0.717, 1.165) is 61.9 Å². The fourth-order valence-corrected chi connectivity index (χ4v) is 13.3. The van der Waals surface area contributed by atoms with Crippen LogP contribution in [0.25, 0.3) is 86.9 Å². The number of benzene rings is 11. The first kappa shape index (κ1) is 39.3. The standard InChI is InChI=1S/C67H41NOS/c1-2-18-42(19-3-1)45-20-8-14-30-62(45)68(43-34-36-48-51-25-9-15-31-63(51)69-64-32-16-10-26-52(64)54(48)38-43)44-35-37-60-55(39-44)47-22-5-4-21-46(47)49-23-6-12-28-58(49)67(60)59-29-13-7-24-50(59)56-40-57-53-27-11-17-33-65(53)70-66(57)41-61(56)67/h1-41H. The van der Waals surface area contributed by atoms with E-state index >= 15 is 0 Å². The quantitative estimate of drug-likeness (QED) is 0.174. The van der Waals surface area contributed by atoms with Gasteiger partial charge in [0.15, 0.2) is 0 Å². The Bertz CT molecular complexity index is 4130. The maximum atomic E-state index is 6.69. The van der Waals surface area contributed by atoms with Crippen LogP contribution in [-0.4, -0.2) is 0 Å². The van der Waals surface area contributed by atoms with Crippen LogP contribution in [0.3, 0.4) is 0 Å². The molecule has 2 nitrogen and oxygen atoms in total. The molecule has 12 aromatic rings. The molecule has 1 aliphatic heterocycles. The van der Waals surface area contributed by atoms with E-state index in [1.54, 1.807) is 0 Å². The van der Waals surface area contributed by atoms with Gasteiger partial charge in [0.25, 0.3) is 0 Å². The van der Waals surface area contributed by atoms with Crippen LogP contribution >= 0.6 is 11.3 Å². The van der Waals surface area contributed by atoms with E-state index in [9.17, 15) is 0 Å². The van der Waals surface area contributed by atoms with E-state index in [-0.39, 0.29) is 0 Å². The zero-order chi connectivity index (χ0) is 45.9. The zero-order valence-electron chi connectivity index (χ0n) is 37.9. The Balaban J connectivity index is 1.04. The number of hydrogen-bond donors (Lipinski definition) is 0. The summed E-state index contributed by atoms with van der Waals surface area (Å²) in [5.74, 6) is 1.70. The molecule has 11 aromatic carbocycles. The Hall–Kier alpha value is -8.76. The maximum absolute atomic E-state index is 6.69. The third-order valence-corrected chi connectivity index (χ3v) is 16.2. The van der Waals surface area contributed by atoms with Crippen LogP contribution in [0, 0.1) is 0 Å². The van der Waals surface area contributed by atoms with Gasteiger partial charge in [-0.2, -0.15) is 0 Å². The largest absolute Gasteiger partial charge is 0.456 e.